The number of benzene rings is 1. The molecule has 0 radical (unpaired) electrons. The molecule has 0 saturated carbocycles. The van der Waals surface area contributed by atoms with Gasteiger partial charge in [-0.3, -0.25) is 14.6 Å². The normalized spacial score (nSPS) is 19.1. The Morgan fingerprint density at radius 1 is 1.38 bits per heavy atom. The molecule has 2 saturated heterocycles. The Kier molecular flexibility index (Phi) is 5.56. The molecule has 0 spiro atoms. The number of hydrogen-bond acceptors (Lipinski definition) is 7. The van der Waals surface area contributed by atoms with E-state index in [0.29, 0.717) is 17.2 Å². The third-order valence-corrected chi connectivity index (χ3v) is 6.28. The Hall–Kier alpha value is -2.83. The van der Waals surface area contributed by atoms with Crippen LogP contribution in [0.1, 0.15) is 10.4 Å². The number of anilines is 1. The number of hydrogen-bond donors (Lipinski definition) is 1. The molecule has 1 aromatic carbocycles. The van der Waals surface area contributed by atoms with Gasteiger partial charge in [0.05, 0.1) is 35.7 Å². The summed E-state index contributed by atoms with van der Waals surface area (Å²) in [6.45, 7) is 1.49. The summed E-state index contributed by atoms with van der Waals surface area (Å²) >= 11 is 1.54. The molecule has 9 heteroatoms. The van der Waals surface area contributed by atoms with Crippen molar-refractivity contribution in [1.82, 2.24) is 15.2 Å². The molecule has 29 heavy (non-hydrogen) atoms. The highest BCUT2D eigenvalue weighted by atomic mass is 32.2. The van der Waals surface area contributed by atoms with Crippen LogP contribution in [0, 0.1) is 11.3 Å². The molecule has 0 bridgehead atoms. The molecular formula is C20H21N5O3S. The van der Waals surface area contributed by atoms with E-state index in [1.807, 2.05) is 18.2 Å². The molecule has 0 aliphatic carbocycles. The van der Waals surface area contributed by atoms with E-state index in [9.17, 15) is 9.59 Å². The lowest BCUT2D eigenvalue weighted by Crippen LogP contribution is -2.51. The van der Waals surface area contributed by atoms with Gasteiger partial charge in [-0.05, 0) is 24.3 Å². The first-order chi connectivity index (χ1) is 14.1. The maximum atomic E-state index is 12.8. The van der Waals surface area contributed by atoms with Gasteiger partial charge in [0.2, 0.25) is 5.91 Å². The number of nitrogens with zero attached hydrogens (tertiary/aromatic N) is 4. The number of methoxy groups -OCH3 is 1. The van der Waals surface area contributed by atoms with Crippen LogP contribution < -0.4 is 10.2 Å². The van der Waals surface area contributed by atoms with Gasteiger partial charge < -0.3 is 19.9 Å². The van der Waals surface area contributed by atoms with Gasteiger partial charge in [-0.1, -0.05) is 0 Å². The molecule has 0 unspecified atom stereocenters. The summed E-state index contributed by atoms with van der Waals surface area (Å²) in [4.78, 5) is 33.2. The van der Waals surface area contributed by atoms with Crippen molar-refractivity contribution in [3.8, 4) is 6.07 Å². The predicted molar refractivity (Wildman–Crippen MR) is 111 cm³/mol. The Morgan fingerprint density at radius 2 is 2.21 bits per heavy atom. The van der Waals surface area contributed by atoms with E-state index in [-0.39, 0.29) is 24.5 Å². The van der Waals surface area contributed by atoms with E-state index in [2.05, 4.69) is 21.3 Å². The minimum atomic E-state index is -0.429. The topological polar surface area (TPSA) is 98.6 Å². The molecule has 2 aliphatic heterocycles. The second-order valence-corrected chi connectivity index (χ2v) is 8.01. The summed E-state index contributed by atoms with van der Waals surface area (Å²) in [6, 6.07) is 9.18. The number of nitriles is 1. The van der Waals surface area contributed by atoms with Crippen LogP contribution in [0.3, 0.4) is 0 Å². The largest absolute Gasteiger partial charge is 0.378 e. The SMILES string of the molecule is COC1CN(c2ccc3nccc(C(=O)NCC(=O)N4CSC[C@H]4C#N)c3c2)C1. The predicted octanol–water partition coefficient (Wildman–Crippen LogP) is 1.22. The standard InChI is InChI=1S/C20H21N5O3S/c1-28-15-9-24(10-15)13-2-3-18-17(6-13)16(4-5-22-18)20(27)23-8-19(26)25-12-29-11-14(25)7-21/h2-6,14-15H,8-12H2,1H3,(H,23,27)/t14-/m1/s1. The van der Waals surface area contributed by atoms with Gasteiger partial charge in [0, 0.05) is 43.2 Å². The zero-order chi connectivity index (χ0) is 20.4. The molecule has 1 aromatic heterocycles. The number of nitrogens with one attached hydrogen (secondary N) is 1. The van der Waals surface area contributed by atoms with Crippen molar-refractivity contribution in [2.24, 2.45) is 0 Å². The number of aromatic nitrogens is 1. The zero-order valence-electron chi connectivity index (χ0n) is 16.0. The minimum Gasteiger partial charge on any atom is -0.378 e. The van der Waals surface area contributed by atoms with Crippen LogP contribution in [0.15, 0.2) is 30.5 Å². The fourth-order valence-corrected chi connectivity index (χ4v) is 4.58. The summed E-state index contributed by atoms with van der Waals surface area (Å²) < 4.78 is 5.32. The molecule has 8 nitrogen and oxygen atoms in total. The van der Waals surface area contributed by atoms with Crippen molar-refractivity contribution in [1.29, 1.82) is 5.26 Å². The number of pyridine rings is 1. The summed E-state index contributed by atoms with van der Waals surface area (Å²) in [7, 11) is 1.70. The Balaban J connectivity index is 1.48. The van der Waals surface area contributed by atoms with Gasteiger partial charge in [0.15, 0.2) is 0 Å². The second kappa shape index (κ2) is 8.27. The molecule has 150 valence electrons. The number of rotatable bonds is 5. The van der Waals surface area contributed by atoms with Crippen molar-refractivity contribution in [3.63, 3.8) is 0 Å². The lowest BCUT2D eigenvalue weighted by atomic mass is 10.0. The van der Waals surface area contributed by atoms with Crippen LogP contribution >= 0.6 is 11.8 Å². The van der Waals surface area contributed by atoms with Crippen LogP contribution in [-0.2, 0) is 9.53 Å². The molecule has 1 N–H and O–H groups in total. The van der Waals surface area contributed by atoms with E-state index in [0.717, 1.165) is 29.7 Å². The average molecular weight is 411 g/mol. The quantitative estimate of drug-likeness (QED) is 0.790. The Bertz CT molecular complexity index is 986. The van der Waals surface area contributed by atoms with Crippen molar-refractivity contribution in [3.05, 3.63) is 36.0 Å². The highest BCUT2D eigenvalue weighted by Crippen LogP contribution is 2.27. The van der Waals surface area contributed by atoms with Crippen LogP contribution in [0.2, 0.25) is 0 Å². The first kappa shape index (κ1) is 19.5. The van der Waals surface area contributed by atoms with Crippen LogP contribution in [0.5, 0.6) is 0 Å². The van der Waals surface area contributed by atoms with Crippen LogP contribution in [0.25, 0.3) is 10.9 Å². The van der Waals surface area contributed by atoms with E-state index in [4.69, 9.17) is 10.00 Å². The first-order valence-electron chi connectivity index (χ1n) is 9.32. The maximum absolute atomic E-state index is 12.8. The molecule has 2 aliphatic rings. The summed E-state index contributed by atoms with van der Waals surface area (Å²) in [6.07, 6.45) is 1.82. The highest BCUT2D eigenvalue weighted by molar-refractivity contribution is 7.99. The van der Waals surface area contributed by atoms with Gasteiger partial charge in [0.1, 0.15) is 6.04 Å². The van der Waals surface area contributed by atoms with Crippen molar-refractivity contribution in [2.75, 3.05) is 43.3 Å². The minimum absolute atomic E-state index is 0.136. The number of thioether (sulfide) groups is 1. The number of carbonyl (C=O) groups excluding carboxylic acids is 2. The molecule has 1 atom stereocenters. The molecule has 2 amide bonds. The van der Waals surface area contributed by atoms with E-state index < -0.39 is 6.04 Å². The molecule has 2 fully saturated rings. The monoisotopic (exact) mass is 411 g/mol. The smallest absolute Gasteiger partial charge is 0.252 e. The maximum Gasteiger partial charge on any atom is 0.252 e. The third kappa shape index (κ3) is 3.86. The van der Waals surface area contributed by atoms with Crippen molar-refractivity contribution < 1.29 is 14.3 Å². The second-order valence-electron chi connectivity index (χ2n) is 7.01. The van der Waals surface area contributed by atoms with Gasteiger partial charge in [-0.2, -0.15) is 5.26 Å². The van der Waals surface area contributed by atoms with Gasteiger partial charge in [-0.15, -0.1) is 11.8 Å². The Morgan fingerprint density at radius 3 is 2.97 bits per heavy atom. The number of fused-ring (bicyclic) bond motifs is 1. The summed E-state index contributed by atoms with van der Waals surface area (Å²) in [5, 5.41) is 12.6. The van der Waals surface area contributed by atoms with Gasteiger partial charge in [0.25, 0.3) is 5.91 Å². The molecule has 3 heterocycles. The zero-order valence-corrected chi connectivity index (χ0v) is 16.8. The molecule has 2 aromatic rings. The summed E-state index contributed by atoms with van der Waals surface area (Å²) in [5.74, 6) is 0.503. The van der Waals surface area contributed by atoms with E-state index in [1.54, 1.807) is 19.4 Å². The van der Waals surface area contributed by atoms with Crippen LogP contribution in [-0.4, -0.2) is 72.2 Å². The van der Waals surface area contributed by atoms with Gasteiger partial charge >= 0.3 is 0 Å². The lowest BCUT2D eigenvalue weighted by Gasteiger charge is -2.40. The van der Waals surface area contributed by atoms with Crippen molar-refractivity contribution in [2.45, 2.75) is 12.1 Å². The fraction of sp³-hybridized carbons (Fsp3) is 0.400. The Labute approximate surface area is 172 Å². The van der Waals surface area contributed by atoms with E-state index in [1.165, 1.54) is 16.7 Å². The molecular weight excluding hydrogens is 390 g/mol. The third-order valence-electron chi connectivity index (χ3n) is 5.27. The van der Waals surface area contributed by atoms with Crippen LogP contribution in [0.4, 0.5) is 5.69 Å². The first-order valence-corrected chi connectivity index (χ1v) is 10.5. The van der Waals surface area contributed by atoms with Gasteiger partial charge in [-0.25, -0.2) is 0 Å². The highest BCUT2D eigenvalue weighted by Gasteiger charge is 2.29. The molecule has 4 rings (SSSR count). The average Bonchev–Trinajstić information content (AvgIpc) is 3.19. The number of amides is 2. The fourth-order valence-electron chi connectivity index (χ4n) is 3.48. The number of carbonyl (C=O) groups is 2. The number of ether oxygens (including phenoxy) is 1. The van der Waals surface area contributed by atoms with E-state index >= 15 is 0 Å². The van der Waals surface area contributed by atoms with Crippen molar-refractivity contribution >= 4 is 40.2 Å². The lowest BCUT2D eigenvalue weighted by molar-refractivity contribution is -0.129. The summed E-state index contributed by atoms with van der Waals surface area (Å²) in [5.41, 5.74) is 2.20.